The molecule has 19 heavy (non-hydrogen) atoms. The normalized spacial score (nSPS) is 9.74. The van der Waals surface area contributed by atoms with E-state index in [1.165, 1.54) is 24.3 Å². The van der Waals surface area contributed by atoms with Gasteiger partial charge in [0.1, 0.15) is 5.82 Å². The molecule has 2 aromatic carbocycles. The lowest BCUT2D eigenvalue weighted by Crippen LogP contribution is -2.41. The number of carbonyl (C=O) groups is 2. The van der Waals surface area contributed by atoms with Gasteiger partial charge in [0.15, 0.2) is 0 Å². The van der Waals surface area contributed by atoms with Crippen LogP contribution in [0.5, 0.6) is 0 Å². The molecule has 2 amide bonds. The highest BCUT2D eigenvalue weighted by molar-refractivity contribution is 5.97. The fraction of sp³-hybridized carbons (Fsp3) is 0. The highest BCUT2D eigenvalue weighted by Crippen LogP contribution is 2.12. The van der Waals surface area contributed by atoms with Gasteiger partial charge in [0, 0.05) is 5.56 Å². The van der Waals surface area contributed by atoms with Crippen LogP contribution in [0.15, 0.2) is 54.6 Å². The number of nitrogens with one attached hydrogen (secondary N) is 1. The number of hydrogen-bond donors (Lipinski definition) is 1. The van der Waals surface area contributed by atoms with Crippen molar-refractivity contribution >= 4 is 18.0 Å². The molecule has 0 saturated heterocycles. The van der Waals surface area contributed by atoms with Crippen LogP contribution in [0.25, 0.3) is 0 Å². The van der Waals surface area contributed by atoms with E-state index in [1.54, 1.807) is 30.3 Å². The van der Waals surface area contributed by atoms with E-state index in [1.807, 2.05) is 0 Å². The first-order valence-corrected chi connectivity index (χ1v) is 5.57. The van der Waals surface area contributed by atoms with Crippen molar-refractivity contribution in [2.24, 2.45) is 0 Å². The Morgan fingerprint density at radius 1 is 1.05 bits per heavy atom. The Kier molecular flexibility index (Phi) is 3.87. The quantitative estimate of drug-likeness (QED) is 0.674. The van der Waals surface area contributed by atoms with Crippen LogP contribution in [0.1, 0.15) is 10.4 Å². The van der Waals surface area contributed by atoms with E-state index in [0.29, 0.717) is 17.7 Å². The van der Waals surface area contributed by atoms with E-state index >= 15 is 0 Å². The van der Waals surface area contributed by atoms with Crippen LogP contribution < -0.4 is 10.4 Å². The first kappa shape index (κ1) is 12.8. The van der Waals surface area contributed by atoms with E-state index < -0.39 is 11.7 Å². The Hall–Kier alpha value is -2.69. The summed E-state index contributed by atoms with van der Waals surface area (Å²) in [6.07, 6.45) is 0.452. The Morgan fingerprint density at radius 3 is 2.26 bits per heavy atom. The van der Waals surface area contributed by atoms with Crippen molar-refractivity contribution in [2.45, 2.75) is 0 Å². The first-order chi connectivity index (χ1) is 9.20. The molecule has 5 heteroatoms. The zero-order valence-corrected chi connectivity index (χ0v) is 9.92. The maximum absolute atomic E-state index is 12.8. The van der Waals surface area contributed by atoms with Crippen molar-refractivity contribution in [1.29, 1.82) is 0 Å². The third kappa shape index (κ3) is 3.16. The second-order valence-electron chi connectivity index (χ2n) is 3.76. The number of carbonyl (C=O) groups excluding carboxylic acids is 2. The molecular weight excluding hydrogens is 247 g/mol. The number of hydrazine groups is 1. The number of halogens is 1. The summed E-state index contributed by atoms with van der Waals surface area (Å²) in [6, 6.07) is 13.7. The topological polar surface area (TPSA) is 49.4 Å². The highest BCUT2D eigenvalue weighted by atomic mass is 19.1. The minimum Gasteiger partial charge on any atom is -0.276 e. The van der Waals surface area contributed by atoms with Crippen molar-refractivity contribution in [3.05, 3.63) is 66.0 Å². The van der Waals surface area contributed by atoms with Crippen molar-refractivity contribution in [3.8, 4) is 0 Å². The average Bonchev–Trinajstić information content (AvgIpc) is 2.46. The molecule has 0 saturated carbocycles. The van der Waals surface area contributed by atoms with Gasteiger partial charge in [-0.15, -0.1) is 0 Å². The maximum atomic E-state index is 12.8. The summed E-state index contributed by atoms with van der Waals surface area (Å²) in [7, 11) is 0. The van der Waals surface area contributed by atoms with E-state index in [4.69, 9.17) is 0 Å². The lowest BCUT2D eigenvalue weighted by atomic mass is 10.2. The van der Waals surface area contributed by atoms with Crippen molar-refractivity contribution in [3.63, 3.8) is 0 Å². The van der Waals surface area contributed by atoms with Gasteiger partial charge in [0.05, 0.1) is 5.69 Å². The third-order valence-corrected chi connectivity index (χ3v) is 2.47. The number of amides is 2. The molecule has 0 radical (unpaired) electrons. The molecule has 0 bridgehead atoms. The number of anilines is 1. The Balaban J connectivity index is 2.14. The first-order valence-electron chi connectivity index (χ1n) is 5.57. The molecule has 2 rings (SSSR count). The van der Waals surface area contributed by atoms with E-state index in [-0.39, 0.29) is 0 Å². The summed E-state index contributed by atoms with van der Waals surface area (Å²) in [5.41, 5.74) is 3.23. The number of hydrogen-bond acceptors (Lipinski definition) is 2. The highest BCUT2D eigenvalue weighted by Gasteiger charge is 2.11. The molecule has 4 nitrogen and oxygen atoms in total. The van der Waals surface area contributed by atoms with Gasteiger partial charge in [-0.3, -0.25) is 15.0 Å². The van der Waals surface area contributed by atoms with Gasteiger partial charge in [-0.25, -0.2) is 9.40 Å². The van der Waals surface area contributed by atoms with Crippen LogP contribution in [0.4, 0.5) is 10.1 Å². The van der Waals surface area contributed by atoms with Gasteiger partial charge in [0.25, 0.3) is 5.91 Å². The molecule has 0 aliphatic rings. The molecule has 0 unspecified atom stereocenters. The monoisotopic (exact) mass is 258 g/mol. The maximum Gasteiger partial charge on any atom is 0.270 e. The zero-order valence-electron chi connectivity index (χ0n) is 9.92. The van der Waals surface area contributed by atoms with E-state index in [2.05, 4.69) is 5.43 Å². The Morgan fingerprint density at radius 2 is 1.68 bits per heavy atom. The molecular formula is C14H11FN2O2. The molecule has 0 spiro atoms. The van der Waals surface area contributed by atoms with Crippen LogP contribution >= 0.6 is 0 Å². The summed E-state index contributed by atoms with van der Waals surface area (Å²) < 4.78 is 12.8. The summed E-state index contributed by atoms with van der Waals surface area (Å²) in [6.45, 7) is 0. The molecule has 2 aromatic rings. The summed E-state index contributed by atoms with van der Waals surface area (Å²) in [5.74, 6) is -0.832. The zero-order chi connectivity index (χ0) is 13.7. The average molecular weight is 258 g/mol. The fourth-order valence-corrected chi connectivity index (χ4v) is 1.52. The summed E-state index contributed by atoms with van der Waals surface area (Å²) in [4.78, 5) is 22.8. The Bertz CT molecular complexity index is 570. The molecule has 0 aliphatic heterocycles. The largest absolute Gasteiger partial charge is 0.276 e. The predicted molar refractivity (Wildman–Crippen MR) is 68.9 cm³/mol. The summed E-state index contributed by atoms with van der Waals surface area (Å²) in [5, 5.41) is 0.995. The van der Waals surface area contributed by atoms with Crippen LogP contribution in [0.3, 0.4) is 0 Å². The third-order valence-electron chi connectivity index (χ3n) is 2.47. The van der Waals surface area contributed by atoms with Crippen molar-refractivity contribution < 1.29 is 14.0 Å². The predicted octanol–water partition coefficient (Wildman–Crippen LogP) is 2.13. The van der Waals surface area contributed by atoms with Gasteiger partial charge < -0.3 is 0 Å². The van der Waals surface area contributed by atoms with Gasteiger partial charge >= 0.3 is 0 Å². The van der Waals surface area contributed by atoms with Crippen LogP contribution in [0.2, 0.25) is 0 Å². The van der Waals surface area contributed by atoms with Gasteiger partial charge in [-0.2, -0.15) is 0 Å². The van der Waals surface area contributed by atoms with Crippen LogP contribution in [-0.4, -0.2) is 12.3 Å². The Labute approximate surface area is 109 Å². The van der Waals surface area contributed by atoms with E-state index in [9.17, 15) is 14.0 Å². The molecule has 0 atom stereocenters. The molecule has 0 aromatic heterocycles. The standard InChI is InChI=1S/C14H11FN2O2/c15-12-6-8-13(9-7-12)17(10-18)16-14(19)11-4-2-1-3-5-11/h1-10H,(H,16,19). The fourth-order valence-electron chi connectivity index (χ4n) is 1.52. The second kappa shape index (κ2) is 5.77. The minimum atomic E-state index is -0.419. The van der Waals surface area contributed by atoms with Crippen LogP contribution in [0, 0.1) is 5.82 Å². The van der Waals surface area contributed by atoms with Crippen molar-refractivity contribution in [2.75, 3.05) is 5.01 Å². The number of rotatable bonds is 4. The smallest absolute Gasteiger partial charge is 0.270 e. The lowest BCUT2D eigenvalue weighted by Gasteiger charge is -2.18. The second-order valence-corrected chi connectivity index (χ2v) is 3.76. The number of nitrogens with zero attached hydrogens (tertiary/aromatic N) is 1. The molecule has 96 valence electrons. The molecule has 0 heterocycles. The molecule has 0 fully saturated rings. The van der Waals surface area contributed by atoms with Gasteiger partial charge in [-0.05, 0) is 36.4 Å². The summed E-state index contributed by atoms with van der Waals surface area (Å²) >= 11 is 0. The van der Waals surface area contributed by atoms with Crippen LogP contribution in [-0.2, 0) is 4.79 Å². The van der Waals surface area contributed by atoms with Gasteiger partial charge in [-0.1, -0.05) is 18.2 Å². The number of benzene rings is 2. The SMILES string of the molecule is O=CN(NC(=O)c1ccccc1)c1ccc(F)cc1. The van der Waals surface area contributed by atoms with E-state index in [0.717, 1.165) is 5.01 Å². The van der Waals surface area contributed by atoms with Gasteiger partial charge in [0.2, 0.25) is 6.41 Å². The molecule has 0 aliphatic carbocycles. The minimum absolute atomic E-state index is 0.376. The molecule has 1 N–H and O–H groups in total. The van der Waals surface area contributed by atoms with Crippen molar-refractivity contribution in [1.82, 2.24) is 5.43 Å². The lowest BCUT2D eigenvalue weighted by molar-refractivity contribution is -0.107.